The number of carbonyl (C=O) groups excluding carboxylic acids is 1. The van der Waals surface area contributed by atoms with Crippen LogP contribution in [0.4, 0.5) is 0 Å². The Morgan fingerprint density at radius 2 is 2.07 bits per heavy atom. The van der Waals surface area contributed by atoms with E-state index in [0.29, 0.717) is 24.9 Å². The number of benzene rings is 1. The van der Waals surface area contributed by atoms with Gasteiger partial charge in [0.05, 0.1) is 24.3 Å². The molecule has 0 bridgehead atoms. The lowest BCUT2D eigenvalue weighted by Gasteiger charge is -2.13. The van der Waals surface area contributed by atoms with Gasteiger partial charge in [0.25, 0.3) is 5.56 Å². The molecule has 0 fully saturated rings. The van der Waals surface area contributed by atoms with Gasteiger partial charge in [0.2, 0.25) is 5.91 Å². The molecule has 1 aliphatic rings. The number of ether oxygens (including phenoxy) is 1. The van der Waals surface area contributed by atoms with Crippen molar-refractivity contribution in [3.05, 3.63) is 56.7 Å². The highest BCUT2D eigenvalue weighted by atomic mass is 32.2. The first-order chi connectivity index (χ1) is 14.7. The third kappa shape index (κ3) is 4.61. The molecule has 30 heavy (non-hydrogen) atoms. The largest absolute Gasteiger partial charge is 0.383 e. The van der Waals surface area contributed by atoms with Crippen LogP contribution >= 0.6 is 23.1 Å². The van der Waals surface area contributed by atoms with Crippen molar-refractivity contribution in [3.8, 4) is 0 Å². The van der Waals surface area contributed by atoms with Crippen LogP contribution in [-0.4, -0.2) is 34.9 Å². The second kappa shape index (κ2) is 9.76. The first kappa shape index (κ1) is 21.1. The van der Waals surface area contributed by atoms with E-state index in [1.54, 1.807) is 23.0 Å². The topological polar surface area (TPSA) is 73.2 Å². The fourth-order valence-electron chi connectivity index (χ4n) is 3.69. The van der Waals surface area contributed by atoms with Crippen molar-refractivity contribution < 1.29 is 9.53 Å². The maximum Gasteiger partial charge on any atom is 0.263 e. The maximum absolute atomic E-state index is 13.3. The molecule has 4 rings (SSSR count). The summed E-state index contributed by atoms with van der Waals surface area (Å²) in [5, 5.41) is 4.28. The molecule has 0 saturated carbocycles. The Balaban J connectivity index is 1.54. The highest BCUT2D eigenvalue weighted by Gasteiger charge is 2.22. The van der Waals surface area contributed by atoms with Crippen molar-refractivity contribution in [1.82, 2.24) is 14.9 Å². The molecule has 8 heteroatoms. The van der Waals surface area contributed by atoms with Crippen molar-refractivity contribution in [2.45, 2.75) is 43.9 Å². The molecule has 0 spiro atoms. The molecule has 0 saturated heterocycles. The molecule has 1 amide bonds. The van der Waals surface area contributed by atoms with Crippen molar-refractivity contribution in [3.63, 3.8) is 0 Å². The molecule has 0 radical (unpaired) electrons. The van der Waals surface area contributed by atoms with E-state index in [9.17, 15) is 9.59 Å². The van der Waals surface area contributed by atoms with Gasteiger partial charge in [-0.2, -0.15) is 0 Å². The van der Waals surface area contributed by atoms with Crippen LogP contribution in [-0.2, 0) is 35.5 Å². The van der Waals surface area contributed by atoms with Crippen LogP contribution in [0.25, 0.3) is 10.2 Å². The van der Waals surface area contributed by atoms with E-state index in [-0.39, 0.29) is 17.2 Å². The predicted molar refractivity (Wildman–Crippen MR) is 121 cm³/mol. The standard InChI is InChI=1S/C22H25N3O3S2/c1-28-12-11-25-21(27)19-16-9-5-6-10-17(16)30-20(19)24-22(25)29-14-18(26)23-13-15-7-3-2-4-8-15/h2-4,7-8H,5-6,9-14H2,1H3,(H,23,26). The smallest absolute Gasteiger partial charge is 0.263 e. The average Bonchev–Trinajstić information content (AvgIpc) is 3.15. The normalized spacial score (nSPS) is 13.4. The van der Waals surface area contributed by atoms with Gasteiger partial charge in [-0.05, 0) is 36.8 Å². The molecule has 1 aliphatic carbocycles. The Morgan fingerprint density at radius 3 is 2.87 bits per heavy atom. The van der Waals surface area contributed by atoms with Gasteiger partial charge in [-0.3, -0.25) is 14.2 Å². The molecule has 2 aromatic heterocycles. The molecule has 1 N–H and O–H groups in total. The number of methoxy groups -OCH3 is 1. The molecule has 0 unspecified atom stereocenters. The van der Waals surface area contributed by atoms with E-state index in [1.807, 2.05) is 30.3 Å². The number of aromatic nitrogens is 2. The molecule has 6 nitrogen and oxygen atoms in total. The summed E-state index contributed by atoms with van der Waals surface area (Å²) in [5.74, 6) is 0.130. The third-order valence-electron chi connectivity index (χ3n) is 5.22. The van der Waals surface area contributed by atoms with Crippen LogP contribution in [0.5, 0.6) is 0 Å². The SMILES string of the molecule is COCCn1c(SCC(=O)NCc2ccccc2)nc2sc3c(c2c1=O)CCCC3. The lowest BCUT2D eigenvalue weighted by atomic mass is 9.97. The minimum absolute atomic E-state index is 0.0105. The number of aryl methyl sites for hydroxylation is 2. The lowest BCUT2D eigenvalue weighted by Crippen LogP contribution is -2.27. The number of thioether (sulfide) groups is 1. The summed E-state index contributed by atoms with van der Waals surface area (Å²) in [7, 11) is 1.62. The summed E-state index contributed by atoms with van der Waals surface area (Å²) in [6.07, 6.45) is 4.26. The molecular formula is C22H25N3O3S2. The molecule has 2 heterocycles. The molecule has 0 atom stereocenters. The number of hydrogen-bond acceptors (Lipinski definition) is 6. The highest BCUT2D eigenvalue weighted by Crippen LogP contribution is 2.34. The highest BCUT2D eigenvalue weighted by molar-refractivity contribution is 7.99. The average molecular weight is 444 g/mol. The molecular weight excluding hydrogens is 418 g/mol. The Bertz CT molecular complexity index is 1090. The van der Waals surface area contributed by atoms with Gasteiger partial charge in [0.15, 0.2) is 5.16 Å². The van der Waals surface area contributed by atoms with Crippen molar-refractivity contribution in [1.29, 1.82) is 0 Å². The van der Waals surface area contributed by atoms with Crippen LogP contribution in [0.15, 0.2) is 40.3 Å². The molecule has 158 valence electrons. The minimum atomic E-state index is -0.0815. The van der Waals surface area contributed by atoms with Gasteiger partial charge in [-0.15, -0.1) is 11.3 Å². The second-order valence-corrected chi connectivity index (χ2v) is 9.31. The van der Waals surface area contributed by atoms with E-state index in [2.05, 4.69) is 5.32 Å². The van der Waals surface area contributed by atoms with Gasteiger partial charge in [-0.1, -0.05) is 42.1 Å². The van der Waals surface area contributed by atoms with Crippen LogP contribution in [0.2, 0.25) is 0 Å². The molecule has 3 aromatic rings. The summed E-state index contributed by atoms with van der Waals surface area (Å²) in [6, 6.07) is 9.80. The minimum Gasteiger partial charge on any atom is -0.383 e. The predicted octanol–water partition coefficient (Wildman–Crippen LogP) is 3.39. The number of nitrogens with zero attached hydrogens (tertiary/aromatic N) is 2. The zero-order valence-electron chi connectivity index (χ0n) is 17.0. The summed E-state index contributed by atoms with van der Waals surface area (Å²) < 4.78 is 6.87. The number of rotatable bonds is 8. The van der Waals surface area contributed by atoms with E-state index in [0.717, 1.165) is 35.0 Å². The number of fused-ring (bicyclic) bond motifs is 3. The summed E-state index contributed by atoms with van der Waals surface area (Å²) >= 11 is 2.94. The van der Waals surface area contributed by atoms with Crippen molar-refractivity contribution in [2.75, 3.05) is 19.5 Å². The van der Waals surface area contributed by atoms with E-state index < -0.39 is 0 Å². The van der Waals surface area contributed by atoms with Gasteiger partial charge >= 0.3 is 0 Å². The summed E-state index contributed by atoms with van der Waals surface area (Å²) in [5.41, 5.74) is 2.22. The van der Waals surface area contributed by atoms with Crippen LogP contribution in [0.1, 0.15) is 28.8 Å². The monoisotopic (exact) mass is 443 g/mol. The van der Waals surface area contributed by atoms with Crippen LogP contribution < -0.4 is 10.9 Å². The number of hydrogen-bond donors (Lipinski definition) is 1. The Kier molecular flexibility index (Phi) is 6.86. The van der Waals surface area contributed by atoms with Gasteiger partial charge in [0, 0.05) is 18.5 Å². The van der Waals surface area contributed by atoms with Crippen LogP contribution in [0, 0.1) is 0 Å². The zero-order chi connectivity index (χ0) is 20.9. The number of thiophene rings is 1. The van der Waals surface area contributed by atoms with Gasteiger partial charge in [0.1, 0.15) is 4.83 Å². The molecule has 1 aromatic carbocycles. The van der Waals surface area contributed by atoms with Crippen molar-refractivity contribution in [2.24, 2.45) is 0 Å². The fraction of sp³-hybridized carbons (Fsp3) is 0.409. The van der Waals surface area contributed by atoms with Crippen LogP contribution in [0.3, 0.4) is 0 Å². The maximum atomic E-state index is 13.3. The third-order valence-corrected chi connectivity index (χ3v) is 7.39. The van der Waals surface area contributed by atoms with E-state index in [1.165, 1.54) is 28.6 Å². The Hall–Kier alpha value is -2.16. The Labute approximate surface area is 183 Å². The first-order valence-electron chi connectivity index (χ1n) is 10.1. The van der Waals surface area contributed by atoms with Gasteiger partial charge in [-0.25, -0.2) is 4.98 Å². The van der Waals surface area contributed by atoms with E-state index in [4.69, 9.17) is 9.72 Å². The van der Waals surface area contributed by atoms with Crippen molar-refractivity contribution >= 4 is 39.2 Å². The fourth-order valence-corrected chi connectivity index (χ4v) is 5.85. The summed E-state index contributed by atoms with van der Waals surface area (Å²) in [4.78, 5) is 32.5. The number of nitrogens with one attached hydrogen (secondary N) is 1. The van der Waals surface area contributed by atoms with E-state index >= 15 is 0 Å². The zero-order valence-corrected chi connectivity index (χ0v) is 18.6. The van der Waals surface area contributed by atoms with Gasteiger partial charge < -0.3 is 10.1 Å². The number of carbonyl (C=O) groups is 1. The second-order valence-electron chi connectivity index (χ2n) is 7.29. The molecule has 0 aliphatic heterocycles. The number of amides is 1. The summed E-state index contributed by atoms with van der Waals surface area (Å²) in [6.45, 7) is 1.34. The lowest BCUT2D eigenvalue weighted by molar-refractivity contribution is -0.118. The first-order valence-corrected chi connectivity index (χ1v) is 11.9. The quantitative estimate of drug-likeness (QED) is 0.427. The Morgan fingerprint density at radius 1 is 1.27 bits per heavy atom.